The molecule has 0 amide bonds. The molecule has 3 rings (SSSR count). The molecule has 24 heavy (non-hydrogen) atoms. The molecule has 0 radical (unpaired) electrons. The monoisotopic (exact) mass is 343 g/mol. The number of nitrogens with one attached hydrogen (secondary N) is 1. The van der Waals surface area contributed by atoms with Crippen LogP contribution in [0.2, 0.25) is 0 Å². The normalized spacial score (nSPS) is 15.6. The molecule has 1 fully saturated rings. The third-order valence-electron chi connectivity index (χ3n) is 4.20. The van der Waals surface area contributed by atoms with Crippen LogP contribution >= 0.6 is 12.2 Å². The Morgan fingerprint density at radius 1 is 1.17 bits per heavy atom. The van der Waals surface area contributed by atoms with Crippen LogP contribution in [-0.2, 0) is 0 Å². The van der Waals surface area contributed by atoms with Crippen LogP contribution in [-0.4, -0.2) is 34.2 Å². The second kappa shape index (κ2) is 7.53. The SMILES string of the molecule is Cc1n[nH]c(=S)n(/N=C\c2ccc(N3CCCCCC3)cc2)c1=O. The zero-order valence-corrected chi connectivity index (χ0v) is 14.6. The van der Waals surface area contributed by atoms with Crippen molar-refractivity contribution in [3.63, 3.8) is 0 Å². The first-order valence-corrected chi connectivity index (χ1v) is 8.64. The Bertz CT molecular complexity index is 829. The molecular weight excluding hydrogens is 322 g/mol. The Labute approximate surface area is 145 Å². The van der Waals surface area contributed by atoms with Gasteiger partial charge in [0.05, 0.1) is 6.21 Å². The highest BCUT2D eigenvalue weighted by Crippen LogP contribution is 2.19. The van der Waals surface area contributed by atoms with Gasteiger partial charge in [0.25, 0.3) is 5.56 Å². The van der Waals surface area contributed by atoms with Gasteiger partial charge in [-0.2, -0.15) is 14.9 Å². The summed E-state index contributed by atoms with van der Waals surface area (Å²) in [6, 6.07) is 8.23. The van der Waals surface area contributed by atoms with Crippen LogP contribution in [0.25, 0.3) is 0 Å². The van der Waals surface area contributed by atoms with Crippen molar-refractivity contribution in [2.75, 3.05) is 18.0 Å². The fourth-order valence-corrected chi connectivity index (χ4v) is 2.98. The highest BCUT2D eigenvalue weighted by molar-refractivity contribution is 7.71. The van der Waals surface area contributed by atoms with E-state index >= 15 is 0 Å². The number of aromatic nitrogens is 3. The average Bonchev–Trinajstić information content (AvgIpc) is 2.88. The summed E-state index contributed by atoms with van der Waals surface area (Å²) in [7, 11) is 0. The molecule has 1 aromatic heterocycles. The minimum Gasteiger partial charge on any atom is -0.372 e. The summed E-state index contributed by atoms with van der Waals surface area (Å²) >= 11 is 5.06. The zero-order valence-electron chi connectivity index (χ0n) is 13.7. The van der Waals surface area contributed by atoms with Crippen LogP contribution in [0.1, 0.15) is 36.9 Å². The third-order valence-corrected chi connectivity index (χ3v) is 4.46. The Hall–Kier alpha value is -2.28. The number of H-pyrrole nitrogens is 1. The first-order valence-electron chi connectivity index (χ1n) is 8.23. The summed E-state index contributed by atoms with van der Waals surface area (Å²) in [6.07, 6.45) is 6.79. The van der Waals surface area contributed by atoms with E-state index < -0.39 is 0 Å². The summed E-state index contributed by atoms with van der Waals surface area (Å²) in [5.74, 6) is 0. The number of anilines is 1. The van der Waals surface area contributed by atoms with Gasteiger partial charge >= 0.3 is 0 Å². The van der Waals surface area contributed by atoms with Gasteiger partial charge in [-0.15, -0.1) is 0 Å². The maximum absolute atomic E-state index is 12.0. The lowest BCUT2D eigenvalue weighted by Gasteiger charge is -2.22. The maximum atomic E-state index is 12.0. The van der Waals surface area contributed by atoms with Gasteiger partial charge in [0.2, 0.25) is 4.77 Å². The van der Waals surface area contributed by atoms with Gasteiger partial charge in [-0.05, 0) is 49.7 Å². The van der Waals surface area contributed by atoms with Gasteiger partial charge in [0, 0.05) is 18.8 Å². The van der Waals surface area contributed by atoms with Crippen molar-refractivity contribution < 1.29 is 0 Å². The molecule has 0 unspecified atom stereocenters. The molecule has 0 aliphatic carbocycles. The Morgan fingerprint density at radius 3 is 2.50 bits per heavy atom. The number of benzene rings is 1. The van der Waals surface area contributed by atoms with Gasteiger partial charge in [-0.1, -0.05) is 25.0 Å². The topological polar surface area (TPSA) is 66.3 Å². The van der Waals surface area contributed by atoms with Crippen LogP contribution < -0.4 is 10.5 Å². The number of aromatic amines is 1. The van der Waals surface area contributed by atoms with Crippen molar-refractivity contribution in [1.29, 1.82) is 0 Å². The van der Waals surface area contributed by atoms with Crippen molar-refractivity contribution in [1.82, 2.24) is 14.9 Å². The van der Waals surface area contributed by atoms with Gasteiger partial charge in [-0.25, -0.2) is 0 Å². The summed E-state index contributed by atoms with van der Waals surface area (Å²) < 4.78 is 1.34. The maximum Gasteiger partial charge on any atom is 0.296 e. The predicted molar refractivity (Wildman–Crippen MR) is 98.5 cm³/mol. The van der Waals surface area contributed by atoms with Crippen molar-refractivity contribution in [3.8, 4) is 0 Å². The molecular formula is C17H21N5OS. The van der Waals surface area contributed by atoms with E-state index in [0.717, 1.165) is 23.3 Å². The Kier molecular flexibility index (Phi) is 5.20. The Balaban J connectivity index is 1.78. The highest BCUT2D eigenvalue weighted by Gasteiger charge is 2.09. The van der Waals surface area contributed by atoms with Crippen molar-refractivity contribution in [2.24, 2.45) is 5.10 Å². The lowest BCUT2D eigenvalue weighted by molar-refractivity contribution is 0.720. The molecule has 2 heterocycles. The molecule has 1 N–H and O–H groups in total. The summed E-state index contributed by atoms with van der Waals surface area (Å²) in [6.45, 7) is 3.86. The molecule has 6 nitrogen and oxygen atoms in total. The smallest absolute Gasteiger partial charge is 0.296 e. The standard InChI is InChI=1S/C17H21N5OS/c1-13-16(23)22(17(24)20-19-13)18-12-14-6-8-15(9-7-14)21-10-4-2-3-5-11-21/h6-9,12H,2-5,10-11H2,1H3,(H,20,24)/b18-12-. The number of rotatable bonds is 3. The molecule has 0 bridgehead atoms. The summed E-state index contributed by atoms with van der Waals surface area (Å²) in [5.41, 5.74) is 2.18. The minimum absolute atomic E-state index is 0.183. The first-order chi connectivity index (χ1) is 11.6. The number of aryl methyl sites for hydroxylation is 1. The van der Waals surface area contributed by atoms with E-state index in [9.17, 15) is 4.79 Å². The van der Waals surface area contributed by atoms with E-state index in [-0.39, 0.29) is 10.3 Å². The quantitative estimate of drug-likeness (QED) is 0.687. The van der Waals surface area contributed by atoms with Gasteiger partial charge in [0.1, 0.15) is 5.69 Å². The van der Waals surface area contributed by atoms with E-state index in [1.807, 2.05) is 12.1 Å². The highest BCUT2D eigenvalue weighted by atomic mass is 32.1. The van der Waals surface area contributed by atoms with E-state index in [0.29, 0.717) is 5.69 Å². The van der Waals surface area contributed by atoms with Gasteiger partial charge in [-0.3, -0.25) is 9.89 Å². The zero-order chi connectivity index (χ0) is 16.9. The second-order valence-corrected chi connectivity index (χ2v) is 6.36. The molecule has 126 valence electrons. The van der Waals surface area contributed by atoms with Crippen LogP contribution in [0.5, 0.6) is 0 Å². The van der Waals surface area contributed by atoms with Crippen LogP contribution in [0.15, 0.2) is 34.2 Å². The molecule has 1 aromatic carbocycles. The molecule has 2 aromatic rings. The van der Waals surface area contributed by atoms with Crippen LogP contribution in [0.4, 0.5) is 5.69 Å². The molecule has 0 saturated carbocycles. The van der Waals surface area contributed by atoms with Crippen LogP contribution in [0, 0.1) is 11.7 Å². The lowest BCUT2D eigenvalue weighted by atomic mass is 10.2. The lowest BCUT2D eigenvalue weighted by Crippen LogP contribution is -2.23. The fourth-order valence-electron chi connectivity index (χ4n) is 2.80. The second-order valence-electron chi connectivity index (χ2n) is 5.97. The molecule has 1 saturated heterocycles. The number of hydrogen-bond acceptors (Lipinski definition) is 5. The van der Waals surface area contributed by atoms with E-state index in [2.05, 4.69) is 32.3 Å². The molecule has 7 heteroatoms. The first kappa shape index (κ1) is 16.6. The third kappa shape index (κ3) is 3.79. The van der Waals surface area contributed by atoms with Crippen molar-refractivity contribution >= 4 is 24.1 Å². The van der Waals surface area contributed by atoms with Gasteiger partial charge < -0.3 is 4.90 Å². The number of hydrogen-bond donors (Lipinski definition) is 1. The average molecular weight is 343 g/mol. The minimum atomic E-state index is -0.309. The molecule has 0 spiro atoms. The summed E-state index contributed by atoms with van der Waals surface area (Å²) in [4.78, 5) is 14.4. The fraction of sp³-hybridized carbons (Fsp3) is 0.412. The number of nitrogens with zero attached hydrogens (tertiary/aromatic N) is 4. The molecule has 1 aliphatic heterocycles. The van der Waals surface area contributed by atoms with E-state index in [1.54, 1.807) is 13.1 Å². The van der Waals surface area contributed by atoms with Gasteiger partial charge in [0.15, 0.2) is 0 Å². The largest absolute Gasteiger partial charge is 0.372 e. The van der Waals surface area contributed by atoms with Crippen molar-refractivity contribution in [2.45, 2.75) is 32.6 Å². The molecule has 1 aliphatic rings. The van der Waals surface area contributed by atoms with E-state index in [1.165, 1.54) is 31.4 Å². The van der Waals surface area contributed by atoms with E-state index in [4.69, 9.17) is 12.2 Å². The summed E-state index contributed by atoms with van der Waals surface area (Å²) in [5, 5.41) is 10.6. The molecule has 0 atom stereocenters. The predicted octanol–water partition coefficient (Wildman–Crippen LogP) is 2.87. The Morgan fingerprint density at radius 2 is 1.83 bits per heavy atom. The van der Waals surface area contributed by atoms with Crippen LogP contribution in [0.3, 0.4) is 0 Å². The van der Waals surface area contributed by atoms with Crippen molar-refractivity contribution in [3.05, 3.63) is 50.6 Å².